The van der Waals surface area contributed by atoms with Gasteiger partial charge < -0.3 is 0 Å². The molecule has 1 saturated carbocycles. The third-order valence-electron chi connectivity index (χ3n) is 2.17. The van der Waals surface area contributed by atoms with Gasteiger partial charge in [-0.1, -0.05) is 45.4 Å². The van der Waals surface area contributed by atoms with Crippen molar-refractivity contribution in [2.45, 2.75) is 45.4 Å². The molecule has 0 atom stereocenters. The van der Waals surface area contributed by atoms with Gasteiger partial charge in [0.15, 0.2) is 0 Å². The first-order valence-electron chi connectivity index (χ1n) is 4.27. The average molecular weight is 138 g/mol. The van der Waals surface area contributed by atoms with Gasteiger partial charge in [0, 0.05) is 0 Å². The maximum Gasteiger partial charge on any atom is -0.0414 e. The summed E-state index contributed by atoms with van der Waals surface area (Å²) in [6.45, 7) is 2.29. The van der Waals surface area contributed by atoms with E-state index in [9.17, 15) is 0 Å². The molecule has 0 aliphatic heterocycles. The van der Waals surface area contributed by atoms with Crippen LogP contribution < -0.4 is 0 Å². The van der Waals surface area contributed by atoms with Crippen LogP contribution >= 0.6 is 0 Å². The molecule has 1 aliphatic rings. The van der Waals surface area contributed by atoms with Gasteiger partial charge in [-0.05, 0) is 5.92 Å². The summed E-state index contributed by atoms with van der Waals surface area (Å²) >= 11 is 0. The quantitative estimate of drug-likeness (QED) is 0.514. The van der Waals surface area contributed by atoms with E-state index in [1.807, 2.05) is 0 Å². The molecular weight excluding hydrogens is 120 g/mol. The summed E-state index contributed by atoms with van der Waals surface area (Å²) in [5.41, 5.74) is 0. The third kappa shape index (κ3) is 3.56. The second-order valence-electron chi connectivity index (χ2n) is 2.94. The molecule has 0 nitrogen and oxygen atoms in total. The standard InChI is InChI=1S/C8H16.C2H2/c1-2-5-8-6-3-4-7-8;1-2/h8H,2-7H2,1H3;1-2H. The van der Waals surface area contributed by atoms with Crippen LogP contribution in [0.3, 0.4) is 0 Å². The predicted octanol–water partition coefficient (Wildman–Crippen LogP) is 3.23. The number of rotatable bonds is 2. The van der Waals surface area contributed by atoms with Crippen LogP contribution in [0, 0.1) is 18.8 Å². The van der Waals surface area contributed by atoms with Crippen LogP contribution in [0.1, 0.15) is 45.4 Å². The van der Waals surface area contributed by atoms with Crippen molar-refractivity contribution in [1.29, 1.82) is 0 Å². The van der Waals surface area contributed by atoms with Gasteiger partial charge >= 0.3 is 0 Å². The first-order valence-corrected chi connectivity index (χ1v) is 4.27. The number of hydrogen-bond acceptors (Lipinski definition) is 0. The van der Waals surface area contributed by atoms with Crippen molar-refractivity contribution >= 4 is 0 Å². The Hall–Kier alpha value is -0.440. The molecule has 0 heteroatoms. The molecule has 0 radical (unpaired) electrons. The highest BCUT2D eigenvalue weighted by Gasteiger charge is 2.12. The summed E-state index contributed by atoms with van der Waals surface area (Å²) in [6, 6.07) is 0. The molecule has 58 valence electrons. The fraction of sp³-hybridized carbons (Fsp3) is 0.800. The average Bonchev–Trinajstić information content (AvgIpc) is 2.46. The maximum absolute atomic E-state index is 4.00. The maximum atomic E-state index is 4.00. The second kappa shape index (κ2) is 6.68. The first-order chi connectivity index (χ1) is 4.93. The molecule has 1 rings (SSSR count). The summed E-state index contributed by atoms with van der Waals surface area (Å²) in [4.78, 5) is 0. The molecule has 0 unspecified atom stereocenters. The van der Waals surface area contributed by atoms with E-state index >= 15 is 0 Å². The van der Waals surface area contributed by atoms with Crippen molar-refractivity contribution in [3.05, 3.63) is 0 Å². The smallest absolute Gasteiger partial charge is 0.0414 e. The summed E-state index contributed by atoms with van der Waals surface area (Å²) in [7, 11) is 0. The number of hydrogen-bond donors (Lipinski definition) is 0. The predicted molar refractivity (Wildman–Crippen MR) is 46.8 cm³/mol. The van der Waals surface area contributed by atoms with Crippen molar-refractivity contribution in [2.24, 2.45) is 5.92 Å². The Morgan fingerprint density at radius 3 is 2.10 bits per heavy atom. The molecule has 0 saturated heterocycles. The molecular formula is C10H18. The Kier molecular flexibility index (Phi) is 6.38. The van der Waals surface area contributed by atoms with Crippen molar-refractivity contribution in [1.82, 2.24) is 0 Å². The van der Waals surface area contributed by atoms with Crippen molar-refractivity contribution < 1.29 is 0 Å². The summed E-state index contributed by atoms with van der Waals surface area (Å²) < 4.78 is 0. The lowest BCUT2D eigenvalue weighted by atomic mass is 10.0. The van der Waals surface area contributed by atoms with Gasteiger partial charge in [-0.15, -0.1) is 12.8 Å². The zero-order valence-electron chi connectivity index (χ0n) is 6.97. The van der Waals surface area contributed by atoms with Gasteiger partial charge in [-0.2, -0.15) is 0 Å². The van der Waals surface area contributed by atoms with Gasteiger partial charge in [0.05, 0.1) is 0 Å². The normalized spacial score (nSPS) is 17.9. The Balaban J connectivity index is 0.000000371. The monoisotopic (exact) mass is 138 g/mol. The first kappa shape index (κ1) is 9.56. The van der Waals surface area contributed by atoms with Crippen LogP contribution in [-0.2, 0) is 0 Å². The number of terminal acetylenes is 1. The fourth-order valence-corrected chi connectivity index (χ4v) is 1.71. The van der Waals surface area contributed by atoms with Gasteiger partial charge in [0.25, 0.3) is 0 Å². The third-order valence-corrected chi connectivity index (χ3v) is 2.17. The van der Waals surface area contributed by atoms with E-state index < -0.39 is 0 Å². The fourth-order valence-electron chi connectivity index (χ4n) is 1.71. The van der Waals surface area contributed by atoms with Crippen LogP contribution in [0.25, 0.3) is 0 Å². The molecule has 0 spiro atoms. The molecule has 0 N–H and O–H groups in total. The second-order valence-corrected chi connectivity index (χ2v) is 2.94. The van der Waals surface area contributed by atoms with Crippen LogP contribution in [0.5, 0.6) is 0 Å². The molecule has 0 aromatic carbocycles. The van der Waals surface area contributed by atoms with Gasteiger partial charge in [-0.25, -0.2) is 0 Å². The van der Waals surface area contributed by atoms with Crippen molar-refractivity contribution in [3.63, 3.8) is 0 Å². The van der Waals surface area contributed by atoms with Crippen LogP contribution in [-0.4, -0.2) is 0 Å². The molecule has 1 aliphatic carbocycles. The van der Waals surface area contributed by atoms with Crippen LogP contribution in [0.4, 0.5) is 0 Å². The molecule has 0 bridgehead atoms. The minimum atomic E-state index is 1.11. The Morgan fingerprint density at radius 2 is 1.70 bits per heavy atom. The van der Waals surface area contributed by atoms with E-state index in [1.54, 1.807) is 0 Å². The topological polar surface area (TPSA) is 0 Å². The molecule has 0 heterocycles. The van der Waals surface area contributed by atoms with Gasteiger partial charge in [-0.3, -0.25) is 0 Å². The van der Waals surface area contributed by atoms with E-state index in [0.29, 0.717) is 0 Å². The van der Waals surface area contributed by atoms with Gasteiger partial charge in [0.2, 0.25) is 0 Å². The Bertz CT molecular complexity index is 75.3. The van der Waals surface area contributed by atoms with E-state index in [0.717, 1.165) is 5.92 Å². The minimum absolute atomic E-state index is 1.11. The van der Waals surface area contributed by atoms with Crippen molar-refractivity contribution in [2.75, 3.05) is 0 Å². The molecule has 0 aromatic rings. The van der Waals surface area contributed by atoms with E-state index in [-0.39, 0.29) is 0 Å². The molecule has 10 heavy (non-hydrogen) atoms. The Labute approximate surface area is 65.0 Å². The highest BCUT2D eigenvalue weighted by molar-refractivity contribution is 4.65. The molecule has 0 amide bonds. The molecule has 1 fully saturated rings. The summed E-state index contributed by atoms with van der Waals surface area (Å²) in [5, 5.41) is 0. The van der Waals surface area contributed by atoms with Crippen LogP contribution in [0.15, 0.2) is 0 Å². The van der Waals surface area contributed by atoms with Gasteiger partial charge in [0.1, 0.15) is 0 Å². The summed E-state index contributed by atoms with van der Waals surface area (Å²) in [5.74, 6) is 1.11. The lowest BCUT2D eigenvalue weighted by Crippen LogP contribution is -1.89. The Morgan fingerprint density at radius 1 is 1.20 bits per heavy atom. The zero-order chi connectivity index (χ0) is 7.82. The highest BCUT2D eigenvalue weighted by Crippen LogP contribution is 2.27. The van der Waals surface area contributed by atoms with Crippen molar-refractivity contribution in [3.8, 4) is 12.8 Å². The SMILES string of the molecule is C#C.CCCC1CCCC1. The lowest BCUT2D eigenvalue weighted by molar-refractivity contribution is 0.496. The van der Waals surface area contributed by atoms with E-state index in [2.05, 4.69) is 19.8 Å². The zero-order valence-corrected chi connectivity index (χ0v) is 6.97. The summed E-state index contributed by atoms with van der Waals surface area (Å²) in [6.07, 6.45) is 16.9. The molecule has 0 aromatic heterocycles. The van der Waals surface area contributed by atoms with Crippen LogP contribution in [0.2, 0.25) is 0 Å². The largest absolute Gasteiger partial charge is 0.124 e. The highest BCUT2D eigenvalue weighted by atomic mass is 14.2. The van der Waals surface area contributed by atoms with E-state index in [1.165, 1.54) is 38.5 Å². The lowest BCUT2D eigenvalue weighted by Gasteiger charge is -2.03. The van der Waals surface area contributed by atoms with E-state index in [4.69, 9.17) is 0 Å². The minimum Gasteiger partial charge on any atom is -0.124 e.